The second kappa shape index (κ2) is 7.65. The SMILES string of the molecule is CC(C)Cn1cc(C(=O)N2CCOC[C@@H]2CC(=O)c2ccco2)cn1. The minimum absolute atomic E-state index is 0.115. The Morgan fingerprint density at radius 2 is 2.24 bits per heavy atom. The molecular formula is C18H23N3O4. The largest absolute Gasteiger partial charge is 0.461 e. The number of amides is 1. The number of rotatable bonds is 6. The summed E-state index contributed by atoms with van der Waals surface area (Å²) in [6.45, 7) is 6.24. The molecule has 25 heavy (non-hydrogen) atoms. The number of hydrogen-bond donors (Lipinski definition) is 0. The molecule has 7 nitrogen and oxygen atoms in total. The summed E-state index contributed by atoms with van der Waals surface area (Å²) in [6, 6.07) is 3.01. The van der Waals surface area contributed by atoms with E-state index < -0.39 is 0 Å². The highest BCUT2D eigenvalue weighted by Gasteiger charge is 2.31. The van der Waals surface area contributed by atoms with Gasteiger partial charge in [0.15, 0.2) is 11.5 Å². The average molecular weight is 345 g/mol. The number of ether oxygens (including phenoxy) is 1. The van der Waals surface area contributed by atoms with Crippen LogP contribution in [0.1, 0.15) is 41.2 Å². The van der Waals surface area contributed by atoms with Crippen molar-refractivity contribution < 1.29 is 18.7 Å². The zero-order valence-electron chi connectivity index (χ0n) is 14.6. The van der Waals surface area contributed by atoms with E-state index in [9.17, 15) is 9.59 Å². The second-order valence-corrected chi connectivity index (χ2v) is 6.68. The van der Waals surface area contributed by atoms with Crippen LogP contribution in [0.5, 0.6) is 0 Å². The maximum Gasteiger partial charge on any atom is 0.257 e. The van der Waals surface area contributed by atoms with Crippen LogP contribution in [0.15, 0.2) is 35.2 Å². The molecule has 1 fully saturated rings. The highest BCUT2D eigenvalue weighted by Crippen LogP contribution is 2.18. The van der Waals surface area contributed by atoms with Crippen LogP contribution in [0.3, 0.4) is 0 Å². The number of nitrogens with zero attached hydrogens (tertiary/aromatic N) is 3. The van der Waals surface area contributed by atoms with Crippen LogP contribution in [0, 0.1) is 5.92 Å². The molecule has 1 amide bonds. The first-order chi connectivity index (χ1) is 12.0. The maximum atomic E-state index is 12.9. The first-order valence-corrected chi connectivity index (χ1v) is 8.52. The number of carbonyl (C=O) groups is 2. The molecule has 2 aromatic rings. The molecule has 0 saturated carbocycles. The van der Waals surface area contributed by atoms with Gasteiger partial charge in [-0.1, -0.05) is 13.8 Å². The van der Waals surface area contributed by atoms with E-state index in [1.807, 2.05) is 0 Å². The fourth-order valence-electron chi connectivity index (χ4n) is 2.96. The first-order valence-electron chi connectivity index (χ1n) is 8.52. The van der Waals surface area contributed by atoms with Crippen LogP contribution < -0.4 is 0 Å². The Bertz CT molecular complexity index is 721. The van der Waals surface area contributed by atoms with Crippen LogP contribution >= 0.6 is 0 Å². The van der Waals surface area contributed by atoms with E-state index in [4.69, 9.17) is 9.15 Å². The molecule has 7 heteroatoms. The van der Waals surface area contributed by atoms with Crippen molar-refractivity contribution in [3.8, 4) is 0 Å². The van der Waals surface area contributed by atoms with E-state index in [-0.39, 0.29) is 24.2 Å². The molecule has 0 aromatic carbocycles. The summed E-state index contributed by atoms with van der Waals surface area (Å²) in [5.41, 5.74) is 0.540. The molecule has 0 spiro atoms. The van der Waals surface area contributed by atoms with E-state index in [1.54, 1.807) is 34.1 Å². The number of morpholine rings is 1. The molecule has 1 saturated heterocycles. The molecule has 1 atom stereocenters. The van der Waals surface area contributed by atoms with Crippen molar-refractivity contribution in [2.75, 3.05) is 19.8 Å². The number of Topliss-reactive ketones (excluding diaryl/α,β-unsaturated/α-hetero) is 1. The van der Waals surface area contributed by atoms with E-state index in [1.165, 1.54) is 6.26 Å². The third kappa shape index (κ3) is 4.17. The Labute approximate surface area is 146 Å². The molecule has 0 unspecified atom stereocenters. The van der Waals surface area contributed by atoms with Gasteiger partial charge in [-0.3, -0.25) is 14.3 Å². The van der Waals surface area contributed by atoms with Crippen molar-refractivity contribution in [2.24, 2.45) is 5.92 Å². The summed E-state index contributed by atoms with van der Waals surface area (Å²) in [7, 11) is 0. The van der Waals surface area contributed by atoms with E-state index >= 15 is 0 Å². The summed E-state index contributed by atoms with van der Waals surface area (Å²) in [5, 5.41) is 4.25. The molecule has 2 aromatic heterocycles. The number of hydrogen-bond acceptors (Lipinski definition) is 5. The minimum atomic E-state index is -0.299. The van der Waals surface area contributed by atoms with Gasteiger partial charge in [0.25, 0.3) is 5.91 Å². The number of aromatic nitrogens is 2. The third-order valence-corrected chi connectivity index (χ3v) is 4.14. The van der Waals surface area contributed by atoms with Crippen LogP contribution in [-0.2, 0) is 11.3 Å². The fourth-order valence-corrected chi connectivity index (χ4v) is 2.96. The lowest BCUT2D eigenvalue weighted by molar-refractivity contribution is -0.00304. The maximum absolute atomic E-state index is 12.9. The van der Waals surface area contributed by atoms with Gasteiger partial charge in [0.2, 0.25) is 0 Å². The van der Waals surface area contributed by atoms with Gasteiger partial charge >= 0.3 is 0 Å². The van der Waals surface area contributed by atoms with Crippen molar-refractivity contribution in [1.82, 2.24) is 14.7 Å². The van der Waals surface area contributed by atoms with Crippen molar-refractivity contribution in [1.29, 1.82) is 0 Å². The van der Waals surface area contributed by atoms with Crippen molar-refractivity contribution in [3.63, 3.8) is 0 Å². The lowest BCUT2D eigenvalue weighted by Crippen LogP contribution is -2.49. The van der Waals surface area contributed by atoms with Crippen LogP contribution in [0.2, 0.25) is 0 Å². The minimum Gasteiger partial charge on any atom is -0.461 e. The standard InChI is InChI=1S/C18H23N3O4/c1-13(2)10-20-11-14(9-19-20)18(23)21-5-7-24-12-15(21)8-16(22)17-4-3-6-25-17/h3-4,6,9,11,13,15H,5,7-8,10,12H2,1-2H3/t15-/m0/s1. The Balaban J connectivity index is 1.70. The van der Waals surface area contributed by atoms with Crippen molar-refractivity contribution >= 4 is 11.7 Å². The number of ketones is 1. The summed E-state index contributed by atoms with van der Waals surface area (Å²) in [6.07, 6.45) is 5.00. The highest BCUT2D eigenvalue weighted by molar-refractivity contribution is 5.96. The number of furan rings is 1. The molecule has 0 bridgehead atoms. The lowest BCUT2D eigenvalue weighted by Gasteiger charge is -2.35. The summed E-state index contributed by atoms with van der Waals surface area (Å²) >= 11 is 0. The Morgan fingerprint density at radius 1 is 1.40 bits per heavy atom. The molecule has 3 rings (SSSR count). The third-order valence-electron chi connectivity index (χ3n) is 4.14. The molecule has 1 aliphatic rings. The molecule has 3 heterocycles. The van der Waals surface area contributed by atoms with Gasteiger partial charge in [-0.05, 0) is 18.1 Å². The van der Waals surface area contributed by atoms with E-state index in [0.29, 0.717) is 37.0 Å². The van der Waals surface area contributed by atoms with E-state index in [2.05, 4.69) is 18.9 Å². The zero-order chi connectivity index (χ0) is 17.8. The normalized spacial score (nSPS) is 17.9. The molecule has 0 aliphatic carbocycles. The van der Waals surface area contributed by atoms with Gasteiger partial charge in [-0.15, -0.1) is 0 Å². The van der Waals surface area contributed by atoms with Gasteiger partial charge < -0.3 is 14.1 Å². The lowest BCUT2D eigenvalue weighted by atomic mass is 10.1. The Hall–Kier alpha value is -2.41. The summed E-state index contributed by atoms with van der Waals surface area (Å²) in [4.78, 5) is 26.9. The quantitative estimate of drug-likeness (QED) is 0.751. The molecular weight excluding hydrogens is 322 g/mol. The summed E-state index contributed by atoms with van der Waals surface area (Å²) < 4.78 is 12.4. The highest BCUT2D eigenvalue weighted by atomic mass is 16.5. The average Bonchev–Trinajstić information content (AvgIpc) is 3.26. The monoisotopic (exact) mass is 345 g/mol. The molecule has 0 radical (unpaired) electrons. The topological polar surface area (TPSA) is 77.6 Å². The predicted octanol–water partition coefficient (Wildman–Crippen LogP) is 2.25. The van der Waals surface area contributed by atoms with Crippen LogP contribution in [0.4, 0.5) is 0 Å². The van der Waals surface area contributed by atoms with Crippen molar-refractivity contribution in [2.45, 2.75) is 32.9 Å². The molecule has 134 valence electrons. The first kappa shape index (κ1) is 17.4. The fraction of sp³-hybridized carbons (Fsp3) is 0.500. The molecule has 0 N–H and O–H groups in total. The van der Waals surface area contributed by atoms with Crippen molar-refractivity contribution in [3.05, 3.63) is 42.1 Å². The van der Waals surface area contributed by atoms with Gasteiger partial charge in [0.1, 0.15) is 0 Å². The van der Waals surface area contributed by atoms with Crippen LogP contribution in [-0.4, -0.2) is 52.2 Å². The van der Waals surface area contributed by atoms with Gasteiger partial charge in [0, 0.05) is 25.7 Å². The van der Waals surface area contributed by atoms with E-state index in [0.717, 1.165) is 6.54 Å². The Kier molecular flexibility index (Phi) is 5.33. The summed E-state index contributed by atoms with van der Waals surface area (Å²) in [5.74, 6) is 0.511. The Morgan fingerprint density at radius 3 is 2.96 bits per heavy atom. The smallest absolute Gasteiger partial charge is 0.257 e. The second-order valence-electron chi connectivity index (χ2n) is 6.68. The van der Waals surface area contributed by atoms with Gasteiger partial charge in [0.05, 0.1) is 37.3 Å². The van der Waals surface area contributed by atoms with Crippen LogP contribution in [0.25, 0.3) is 0 Å². The van der Waals surface area contributed by atoms with Gasteiger partial charge in [-0.2, -0.15) is 5.10 Å². The number of carbonyl (C=O) groups excluding carboxylic acids is 2. The zero-order valence-corrected chi connectivity index (χ0v) is 14.6. The molecule has 1 aliphatic heterocycles. The predicted molar refractivity (Wildman–Crippen MR) is 90.4 cm³/mol. The van der Waals surface area contributed by atoms with Gasteiger partial charge in [-0.25, -0.2) is 0 Å².